The smallest absolute Gasteiger partial charge is 0.265 e. The molecule has 0 atom stereocenters. The summed E-state index contributed by atoms with van der Waals surface area (Å²) in [5.74, 6) is -0.145. The van der Waals surface area contributed by atoms with Crippen LogP contribution in [0.25, 0.3) is 0 Å². The maximum Gasteiger partial charge on any atom is 0.265 e. The standard InChI is InChI=1S/C16H18FN3O3S/c1-19-8-3-9-20(15-10-12(17)4-6-14(15)19)24(21,22)13-5-7-16(23-2)18-11-13/h4-7,10-11H,3,8-9H2,1-2H3. The van der Waals surface area contributed by atoms with Gasteiger partial charge in [0.2, 0.25) is 5.88 Å². The van der Waals surface area contributed by atoms with Crippen LogP contribution in [0.4, 0.5) is 15.8 Å². The predicted molar refractivity (Wildman–Crippen MR) is 89.6 cm³/mol. The number of hydrogen-bond acceptors (Lipinski definition) is 5. The maximum absolute atomic E-state index is 13.7. The van der Waals surface area contributed by atoms with Crippen molar-refractivity contribution in [1.29, 1.82) is 0 Å². The summed E-state index contributed by atoms with van der Waals surface area (Å²) < 4.78 is 46.0. The molecule has 1 aromatic carbocycles. The molecule has 24 heavy (non-hydrogen) atoms. The van der Waals surface area contributed by atoms with E-state index in [0.29, 0.717) is 30.2 Å². The van der Waals surface area contributed by atoms with Crippen LogP contribution in [-0.4, -0.2) is 40.6 Å². The first-order valence-corrected chi connectivity index (χ1v) is 8.91. The van der Waals surface area contributed by atoms with Crippen LogP contribution < -0.4 is 13.9 Å². The van der Waals surface area contributed by atoms with Crippen molar-refractivity contribution in [2.75, 3.05) is 36.5 Å². The van der Waals surface area contributed by atoms with Crippen molar-refractivity contribution in [2.45, 2.75) is 11.3 Å². The molecule has 0 spiro atoms. The maximum atomic E-state index is 13.7. The van der Waals surface area contributed by atoms with Gasteiger partial charge in [0.15, 0.2) is 0 Å². The lowest BCUT2D eigenvalue weighted by molar-refractivity contribution is 0.397. The molecule has 0 aliphatic carbocycles. The van der Waals surface area contributed by atoms with E-state index in [1.54, 1.807) is 6.07 Å². The second-order valence-corrected chi connectivity index (χ2v) is 7.38. The summed E-state index contributed by atoms with van der Waals surface area (Å²) in [7, 11) is -0.521. The van der Waals surface area contributed by atoms with Crippen molar-refractivity contribution >= 4 is 21.4 Å². The second-order valence-electron chi connectivity index (χ2n) is 5.52. The Bertz CT molecular complexity index is 840. The molecule has 0 bridgehead atoms. The molecular weight excluding hydrogens is 333 g/mol. The van der Waals surface area contributed by atoms with Crippen molar-refractivity contribution in [3.8, 4) is 5.88 Å². The van der Waals surface area contributed by atoms with Crippen LogP contribution in [-0.2, 0) is 10.0 Å². The zero-order valence-electron chi connectivity index (χ0n) is 13.4. The summed E-state index contributed by atoms with van der Waals surface area (Å²) in [6, 6.07) is 7.12. The second kappa shape index (κ2) is 6.27. The molecule has 0 N–H and O–H groups in total. The van der Waals surface area contributed by atoms with Gasteiger partial charge >= 0.3 is 0 Å². The largest absolute Gasteiger partial charge is 0.481 e. The molecule has 0 fully saturated rings. The van der Waals surface area contributed by atoms with Crippen LogP contribution >= 0.6 is 0 Å². The third-order valence-corrected chi connectivity index (χ3v) is 5.78. The summed E-state index contributed by atoms with van der Waals surface area (Å²) in [5.41, 5.74) is 1.02. The summed E-state index contributed by atoms with van der Waals surface area (Å²) in [4.78, 5) is 5.93. The third-order valence-electron chi connectivity index (χ3n) is 3.98. The topological polar surface area (TPSA) is 62.7 Å². The van der Waals surface area contributed by atoms with Crippen LogP contribution in [0.3, 0.4) is 0 Å². The van der Waals surface area contributed by atoms with Crippen LogP contribution in [0.15, 0.2) is 41.4 Å². The Balaban J connectivity index is 2.09. The van der Waals surface area contributed by atoms with E-state index >= 15 is 0 Å². The van der Waals surface area contributed by atoms with E-state index in [0.717, 1.165) is 0 Å². The first-order chi connectivity index (χ1) is 11.4. The van der Waals surface area contributed by atoms with Crippen LogP contribution in [0.2, 0.25) is 0 Å². The average Bonchev–Trinajstić information content (AvgIpc) is 2.74. The Hall–Kier alpha value is -2.35. The van der Waals surface area contributed by atoms with Gasteiger partial charge in [-0.15, -0.1) is 0 Å². The van der Waals surface area contributed by atoms with Gasteiger partial charge in [-0.1, -0.05) is 0 Å². The lowest BCUT2D eigenvalue weighted by Gasteiger charge is -2.25. The normalized spacial score (nSPS) is 15.0. The molecule has 1 aliphatic rings. The van der Waals surface area contributed by atoms with Gasteiger partial charge in [-0.2, -0.15) is 0 Å². The first kappa shape index (κ1) is 16.5. The molecule has 1 aliphatic heterocycles. The Morgan fingerprint density at radius 2 is 1.96 bits per heavy atom. The molecular formula is C16H18FN3O3S. The molecule has 0 saturated carbocycles. The molecule has 128 valence electrons. The van der Waals surface area contributed by atoms with Gasteiger partial charge < -0.3 is 9.64 Å². The zero-order valence-corrected chi connectivity index (χ0v) is 14.3. The first-order valence-electron chi connectivity index (χ1n) is 7.47. The number of anilines is 2. The van der Waals surface area contributed by atoms with Gasteiger partial charge in [0, 0.05) is 32.3 Å². The van der Waals surface area contributed by atoms with Crippen molar-refractivity contribution in [1.82, 2.24) is 4.98 Å². The number of sulfonamides is 1. The quantitative estimate of drug-likeness (QED) is 0.849. The number of nitrogens with zero attached hydrogens (tertiary/aromatic N) is 3. The average molecular weight is 351 g/mol. The third kappa shape index (κ3) is 2.89. The lowest BCUT2D eigenvalue weighted by Crippen LogP contribution is -2.31. The summed E-state index contributed by atoms with van der Waals surface area (Å²) in [5, 5.41) is 0. The fourth-order valence-electron chi connectivity index (χ4n) is 2.73. The number of hydrogen-bond donors (Lipinski definition) is 0. The molecule has 8 heteroatoms. The van der Waals surface area contributed by atoms with Crippen molar-refractivity contribution in [3.05, 3.63) is 42.3 Å². The highest BCUT2D eigenvalue weighted by Gasteiger charge is 2.30. The van der Waals surface area contributed by atoms with Gasteiger partial charge in [-0.05, 0) is 24.6 Å². The van der Waals surface area contributed by atoms with Gasteiger partial charge in [0.1, 0.15) is 10.7 Å². The Morgan fingerprint density at radius 3 is 2.62 bits per heavy atom. The number of halogens is 1. The highest BCUT2D eigenvalue weighted by atomic mass is 32.2. The van der Waals surface area contributed by atoms with E-state index in [1.165, 1.54) is 41.9 Å². The van der Waals surface area contributed by atoms with Gasteiger partial charge in [-0.25, -0.2) is 17.8 Å². The highest BCUT2D eigenvalue weighted by Crippen LogP contribution is 2.35. The number of methoxy groups -OCH3 is 1. The lowest BCUT2D eigenvalue weighted by atomic mass is 10.2. The van der Waals surface area contributed by atoms with Crippen LogP contribution in [0, 0.1) is 5.82 Å². The Kier molecular flexibility index (Phi) is 4.31. The predicted octanol–water partition coefficient (Wildman–Crippen LogP) is 2.26. The van der Waals surface area contributed by atoms with E-state index in [-0.39, 0.29) is 11.4 Å². The van der Waals surface area contributed by atoms with E-state index < -0.39 is 15.8 Å². The monoisotopic (exact) mass is 351 g/mol. The molecule has 1 aromatic heterocycles. The van der Waals surface area contributed by atoms with Gasteiger partial charge in [0.25, 0.3) is 10.0 Å². The van der Waals surface area contributed by atoms with E-state index in [9.17, 15) is 12.8 Å². The molecule has 2 heterocycles. The molecule has 0 amide bonds. The number of rotatable bonds is 3. The summed E-state index contributed by atoms with van der Waals surface area (Å²) >= 11 is 0. The summed E-state index contributed by atoms with van der Waals surface area (Å²) in [6.07, 6.45) is 1.89. The zero-order chi connectivity index (χ0) is 17.3. The van der Waals surface area contributed by atoms with Crippen molar-refractivity contribution in [3.63, 3.8) is 0 Å². The minimum absolute atomic E-state index is 0.0445. The Labute approximate surface area is 140 Å². The molecule has 3 rings (SSSR count). The van der Waals surface area contributed by atoms with Gasteiger partial charge in [-0.3, -0.25) is 4.31 Å². The number of fused-ring (bicyclic) bond motifs is 1. The molecule has 6 nitrogen and oxygen atoms in total. The van der Waals surface area contributed by atoms with E-state index in [2.05, 4.69) is 4.98 Å². The molecule has 0 radical (unpaired) electrons. The van der Waals surface area contributed by atoms with Crippen LogP contribution in [0.5, 0.6) is 5.88 Å². The Morgan fingerprint density at radius 1 is 1.17 bits per heavy atom. The van der Waals surface area contributed by atoms with Gasteiger partial charge in [0.05, 0.1) is 24.7 Å². The fourth-order valence-corrected chi connectivity index (χ4v) is 4.18. The number of ether oxygens (including phenoxy) is 1. The number of benzene rings is 1. The SMILES string of the molecule is COc1ccc(S(=O)(=O)N2CCCN(C)c3ccc(F)cc32)cn1. The van der Waals surface area contributed by atoms with E-state index in [1.807, 2.05) is 11.9 Å². The number of aromatic nitrogens is 1. The minimum Gasteiger partial charge on any atom is -0.481 e. The van der Waals surface area contributed by atoms with Crippen LogP contribution in [0.1, 0.15) is 6.42 Å². The number of pyridine rings is 1. The highest BCUT2D eigenvalue weighted by molar-refractivity contribution is 7.92. The molecule has 2 aromatic rings. The van der Waals surface area contributed by atoms with Crippen molar-refractivity contribution in [2.24, 2.45) is 0 Å². The summed E-state index contributed by atoms with van der Waals surface area (Å²) in [6.45, 7) is 0.959. The fraction of sp³-hybridized carbons (Fsp3) is 0.312. The van der Waals surface area contributed by atoms with Crippen molar-refractivity contribution < 1.29 is 17.5 Å². The molecule has 0 unspecified atom stereocenters. The van der Waals surface area contributed by atoms with E-state index in [4.69, 9.17) is 4.74 Å². The molecule has 0 saturated heterocycles. The minimum atomic E-state index is -3.84.